The van der Waals surface area contributed by atoms with E-state index in [0.717, 1.165) is 39.0 Å². The van der Waals surface area contributed by atoms with E-state index in [0.29, 0.717) is 6.61 Å². The van der Waals surface area contributed by atoms with Crippen LogP contribution in [-0.4, -0.2) is 42.5 Å². The minimum absolute atomic E-state index is 0.667. The first kappa shape index (κ1) is 15.0. The maximum atomic E-state index is 5.12. The van der Waals surface area contributed by atoms with Crippen molar-refractivity contribution < 1.29 is 4.74 Å². The normalized spacial score (nSPS) is 11.0. The van der Waals surface area contributed by atoms with Crippen LogP contribution in [0.5, 0.6) is 0 Å². The molecule has 0 amide bonds. The second-order valence-corrected chi connectivity index (χ2v) is 5.99. The lowest BCUT2D eigenvalue weighted by molar-refractivity contribution is 0.206. The number of hydrogen-bond donors (Lipinski definition) is 1. The third-order valence-corrected chi connectivity index (χ3v) is 4.06. The summed E-state index contributed by atoms with van der Waals surface area (Å²) in [5.74, 6) is 0.903. The molecule has 2 aromatic heterocycles. The van der Waals surface area contributed by atoms with Crippen LogP contribution in [0.2, 0.25) is 0 Å². The summed E-state index contributed by atoms with van der Waals surface area (Å²) in [6.07, 6.45) is 1.81. The van der Waals surface area contributed by atoms with Gasteiger partial charge in [-0.1, -0.05) is 15.9 Å². The molecule has 1 aromatic carbocycles. The van der Waals surface area contributed by atoms with Crippen LogP contribution >= 0.6 is 15.9 Å². The maximum Gasteiger partial charge on any atom is 0.128 e. The first-order chi connectivity index (χ1) is 10.7. The Labute approximate surface area is 137 Å². The molecule has 1 N–H and O–H groups in total. The van der Waals surface area contributed by atoms with Crippen molar-refractivity contribution in [2.45, 2.75) is 0 Å². The SMILES string of the molecule is COCCN(C)c1cc(-c2n[nH]c3ccc(Br)cc23)ccn1. The zero-order valence-electron chi connectivity index (χ0n) is 12.5. The van der Waals surface area contributed by atoms with Gasteiger partial charge >= 0.3 is 0 Å². The van der Waals surface area contributed by atoms with Crippen molar-refractivity contribution in [3.05, 3.63) is 41.0 Å². The lowest BCUT2D eigenvalue weighted by Crippen LogP contribution is -2.22. The van der Waals surface area contributed by atoms with E-state index < -0.39 is 0 Å². The molecular formula is C16H17BrN4O. The predicted molar refractivity (Wildman–Crippen MR) is 92.2 cm³/mol. The number of halogens is 1. The Balaban J connectivity index is 1.98. The molecular weight excluding hydrogens is 344 g/mol. The molecule has 0 bridgehead atoms. The van der Waals surface area contributed by atoms with Crippen LogP contribution in [0.1, 0.15) is 0 Å². The Morgan fingerprint density at radius 3 is 2.95 bits per heavy atom. The highest BCUT2D eigenvalue weighted by Gasteiger charge is 2.11. The minimum Gasteiger partial charge on any atom is -0.383 e. The van der Waals surface area contributed by atoms with Crippen LogP contribution in [0, 0.1) is 0 Å². The molecule has 0 atom stereocenters. The lowest BCUT2D eigenvalue weighted by Gasteiger charge is -2.17. The van der Waals surface area contributed by atoms with Gasteiger partial charge in [-0.25, -0.2) is 4.98 Å². The van der Waals surface area contributed by atoms with Gasteiger partial charge in [0.25, 0.3) is 0 Å². The molecule has 3 rings (SSSR count). The number of anilines is 1. The predicted octanol–water partition coefficient (Wildman–Crippen LogP) is 3.47. The van der Waals surface area contributed by atoms with Gasteiger partial charge in [-0.15, -0.1) is 0 Å². The highest BCUT2D eigenvalue weighted by atomic mass is 79.9. The Morgan fingerprint density at radius 2 is 2.14 bits per heavy atom. The molecule has 6 heteroatoms. The molecule has 0 unspecified atom stereocenters. The summed E-state index contributed by atoms with van der Waals surface area (Å²) >= 11 is 3.51. The van der Waals surface area contributed by atoms with Gasteiger partial charge < -0.3 is 9.64 Å². The minimum atomic E-state index is 0.667. The number of rotatable bonds is 5. The van der Waals surface area contributed by atoms with E-state index in [2.05, 4.69) is 42.1 Å². The Hall–Kier alpha value is -1.92. The second-order valence-electron chi connectivity index (χ2n) is 5.08. The zero-order valence-corrected chi connectivity index (χ0v) is 14.1. The molecule has 0 aliphatic carbocycles. The molecule has 0 saturated carbocycles. The fourth-order valence-corrected chi connectivity index (χ4v) is 2.68. The summed E-state index contributed by atoms with van der Waals surface area (Å²) < 4.78 is 6.15. The van der Waals surface area contributed by atoms with Crippen molar-refractivity contribution >= 4 is 32.7 Å². The number of pyridine rings is 1. The van der Waals surface area contributed by atoms with Crippen molar-refractivity contribution in [2.75, 3.05) is 32.2 Å². The standard InChI is InChI=1S/C16H17BrN4O/c1-21(7-8-22-2)15-9-11(5-6-18-15)16-13-10-12(17)3-4-14(13)19-20-16/h3-6,9-10H,7-8H2,1-2H3,(H,19,20). The third-order valence-electron chi connectivity index (χ3n) is 3.57. The summed E-state index contributed by atoms with van der Waals surface area (Å²) in [5.41, 5.74) is 2.99. The molecule has 114 valence electrons. The van der Waals surface area contributed by atoms with E-state index in [4.69, 9.17) is 4.74 Å². The molecule has 0 spiro atoms. The third kappa shape index (κ3) is 2.98. The van der Waals surface area contributed by atoms with Gasteiger partial charge in [0, 0.05) is 42.3 Å². The molecule has 0 fully saturated rings. The number of aromatic nitrogens is 3. The van der Waals surface area contributed by atoms with Gasteiger partial charge in [-0.2, -0.15) is 5.10 Å². The van der Waals surface area contributed by atoms with Crippen LogP contribution in [0.4, 0.5) is 5.82 Å². The summed E-state index contributed by atoms with van der Waals surface area (Å²) in [4.78, 5) is 6.49. The molecule has 22 heavy (non-hydrogen) atoms. The number of hydrogen-bond acceptors (Lipinski definition) is 4. The lowest BCUT2D eigenvalue weighted by atomic mass is 10.1. The molecule has 2 heterocycles. The fourth-order valence-electron chi connectivity index (χ4n) is 2.32. The fraction of sp³-hybridized carbons (Fsp3) is 0.250. The summed E-state index contributed by atoms with van der Waals surface area (Å²) in [6.45, 7) is 1.46. The number of benzene rings is 1. The Bertz CT molecular complexity index is 787. The Morgan fingerprint density at radius 1 is 1.27 bits per heavy atom. The highest BCUT2D eigenvalue weighted by molar-refractivity contribution is 9.10. The van der Waals surface area contributed by atoms with Crippen LogP contribution in [0.3, 0.4) is 0 Å². The van der Waals surface area contributed by atoms with Gasteiger partial charge in [0.2, 0.25) is 0 Å². The number of likely N-dealkylation sites (N-methyl/N-ethyl adjacent to an activating group) is 1. The summed E-state index contributed by atoms with van der Waals surface area (Å²) in [5, 5.41) is 8.61. The maximum absolute atomic E-state index is 5.12. The number of ether oxygens (including phenoxy) is 1. The quantitative estimate of drug-likeness (QED) is 0.756. The first-order valence-electron chi connectivity index (χ1n) is 6.99. The molecule has 0 aliphatic heterocycles. The number of fused-ring (bicyclic) bond motifs is 1. The van der Waals surface area contributed by atoms with Crippen LogP contribution < -0.4 is 4.90 Å². The average Bonchev–Trinajstić information content (AvgIpc) is 2.95. The van der Waals surface area contributed by atoms with E-state index in [1.165, 1.54) is 0 Å². The monoisotopic (exact) mass is 360 g/mol. The molecule has 0 saturated heterocycles. The zero-order chi connectivity index (χ0) is 15.5. The molecule has 0 aliphatic rings. The van der Waals surface area contributed by atoms with Gasteiger partial charge in [-0.3, -0.25) is 5.10 Å². The van der Waals surface area contributed by atoms with Crippen molar-refractivity contribution in [3.63, 3.8) is 0 Å². The first-order valence-corrected chi connectivity index (χ1v) is 7.78. The van der Waals surface area contributed by atoms with Crippen LogP contribution in [-0.2, 0) is 4.74 Å². The van der Waals surface area contributed by atoms with Gasteiger partial charge in [0.15, 0.2) is 0 Å². The van der Waals surface area contributed by atoms with E-state index in [1.54, 1.807) is 7.11 Å². The van der Waals surface area contributed by atoms with Crippen molar-refractivity contribution in [1.29, 1.82) is 0 Å². The van der Waals surface area contributed by atoms with Gasteiger partial charge in [0.1, 0.15) is 11.5 Å². The number of nitrogens with one attached hydrogen (secondary N) is 1. The van der Waals surface area contributed by atoms with Crippen LogP contribution in [0.25, 0.3) is 22.2 Å². The van der Waals surface area contributed by atoms with E-state index in [1.807, 2.05) is 37.5 Å². The number of H-pyrrole nitrogens is 1. The topological polar surface area (TPSA) is 54.0 Å². The number of nitrogens with zero attached hydrogens (tertiary/aromatic N) is 3. The summed E-state index contributed by atoms with van der Waals surface area (Å²) in [7, 11) is 3.70. The van der Waals surface area contributed by atoms with Crippen molar-refractivity contribution in [2.24, 2.45) is 0 Å². The molecule has 5 nitrogen and oxygen atoms in total. The van der Waals surface area contributed by atoms with E-state index in [-0.39, 0.29) is 0 Å². The summed E-state index contributed by atoms with van der Waals surface area (Å²) in [6, 6.07) is 10.1. The number of aromatic amines is 1. The number of methoxy groups -OCH3 is 1. The average molecular weight is 361 g/mol. The largest absolute Gasteiger partial charge is 0.383 e. The van der Waals surface area contributed by atoms with Crippen molar-refractivity contribution in [3.8, 4) is 11.3 Å². The highest BCUT2D eigenvalue weighted by Crippen LogP contribution is 2.29. The van der Waals surface area contributed by atoms with Crippen molar-refractivity contribution in [1.82, 2.24) is 15.2 Å². The smallest absolute Gasteiger partial charge is 0.128 e. The van der Waals surface area contributed by atoms with E-state index in [9.17, 15) is 0 Å². The second kappa shape index (κ2) is 6.46. The van der Waals surface area contributed by atoms with Crippen LogP contribution in [0.15, 0.2) is 41.0 Å². The van der Waals surface area contributed by atoms with Gasteiger partial charge in [-0.05, 0) is 30.3 Å². The Kier molecular flexibility index (Phi) is 4.40. The molecule has 3 aromatic rings. The van der Waals surface area contributed by atoms with Gasteiger partial charge in [0.05, 0.1) is 12.1 Å². The van der Waals surface area contributed by atoms with E-state index >= 15 is 0 Å². The molecule has 0 radical (unpaired) electrons.